The molecule has 2 N–H and O–H groups in total. The molecule has 0 aliphatic carbocycles. The molecule has 0 aromatic carbocycles. The van der Waals surface area contributed by atoms with Crippen molar-refractivity contribution in [3.05, 3.63) is 45.4 Å². The van der Waals surface area contributed by atoms with Crippen LogP contribution in [0.2, 0.25) is 0 Å². The van der Waals surface area contributed by atoms with E-state index in [9.17, 15) is 14.7 Å². The summed E-state index contributed by atoms with van der Waals surface area (Å²) < 4.78 is 6.39. The zero-order valence-electron chi connectivity index (χ0n) is 7.84. The molecular formula is C9H10N2O4. The molecule has 1 aromatic rings. The molecule has 6 heteroatoms. The lowest BCUT2D eigenvalue weighted by Gasteiger charge is -2.11. The number of aromatic amines is 1. The summed E-state index contributed by atoms with van der Waals surface area (Å²) in [5.74, 6) is 0.234. The molecule has 1 unspecified atom stereocenters. The van der Waals surface area contributed by atoms with E-state index in [0.717, 1.165) is 0 Å². The van der Waals surface area contributed by atoms with Gasteiger partial charge in [-0.2, -0.15) is 0 Å². The first kappa shape index (κ1) is 9.72. The molecule has 0 amide bonds. The zero-order valence-corrected chi connectivity index (χ0v) is 7.84. The number of aromatic nitrogens is 2. The smallest absolute Gasteiger partial charge is 0.331 e. The van der Waals surface area contributed by atoms with Gasteiger partial charge in [-0.15, -0.1) is 0 Å². The van der Waals surface area contributed by atoms with Gasteiger partial charge in [0.1, 0.15) is 11.9 Å². The fourth-order valence-corrected chi connectivity index (χ4v) is 1.45. The molecule has 0 spiro atoms. The van der Waals surface area contributed by atoms with Crippen LogP contribution in [0.15, 0.2) is 34.2 Å². The van der Waals surface area contributed by atoms with Crippen molar-refractivity contribution in [1.82, 2.24) is 9.55 Å². The Hall–Kier alpha value is -1.82. The summed E-state index contributed by atoms with van der Waals surface area (Å²) in [5, 5.41) is 9.36. The minimum absolute atomic E-state index is 0.234. The van der Waals surface area contributed by atoms with E-state index in [1.54, 1.807) is 0 Å². The Morgan fingerprint density at radius 3 is 2.87 bits per heavy atom. The van der Waals surface area contributed by atoms with Gasteiger partial charge in [0.2, 0.25) is 0 Å². The first-order valence-electron chi connectivity index (χ1n) is 4.43. The van der Waals surface area contributed by atoms with Gasteiger partial charge in [-0.25, -0.2) is 4.79 Å². The monoisotopic (exact) mass is 210 g/mol. The van der Waals surface area contributed by atoms with Gasteiger partial charge >= 0.3 is 5.69 Å². The number of nitrogens with one attached hydrogen (secondary N) is 1. The molecule has 2 rings (SSSR count). The molecule has 1 saturated heterocycles. The molecule has 80 valence electrons. The SMILES string of the molecule is C=C1O[C@H](n2ccc(=O)[nH]c2=O)CC1O. The van der Waals surface area contributed by atoms with Crippen LogP contribution in [-0.4, -0.2) is 20.8 Å². The predicted molar refractivity (Wildman–Crippen MR) is 51.2 cm³/mol. The number of hydrogen-bond donors (Lipinski definition) is 2. The largest absolute Gasteiger partial charge is 0.472 e. The topological polar surface area (TPSA) is 84.3 Å². The number of rotatable bonds is 1. The lowest BCUT2D eigenvalue weighted by Crippen LogP contribution is -2.31. The molecule has 2 atom stereocenters. The molecule has 2 heterocycles. The van der Waals surface area contributed by atoms with E-state index in [0.29, 0.717) is 0 Å². The van der Waals surface area contributed by atoms with E-state index in [2.05, 4.69) is 11.6 Å². The van der Waals surface area contributed by atoms with Gasteiger partial charge in [0.05, 0.1) is 0 Å². The molecule has 1 aliphatic heterocycles. The minimum atomic E-state index is -0.770. The Morgan fingerprint density at radius 2 is 2.33 bits per heavy atom. The van der Waals surface area contributed by atoms with Crippen molar-refractivity contribution < 1.29 is 9.84 Å². The van der Waals surface area contributed by atoms with Gasteiger partial charge in [-0.05, 0) is 0 Å². The second-order valence-electron chi connectivity index (χ2n) is 3.31. The van der Waals surface area contributed by atoms with Crippen LogP contribution in [0.1, 0.15) is 12.6 Å². The summed E-state index contributed by atoms with van der Waals surface area (Å²) in [5.41, 5.74) is -1.02. The average Bonchev–Trinajstić information content (AvgIpc) is 2.46. The van der Waals surface area contributed by atoms with Crippen LogP contribution in [0, 0.1) is 0 Å². The van der Waals surface area contributed by atoms with Gasteiger partial charge in [-0.1, -0.05) is 6.58 Å². The Morgan fingerprint density at radius 1 is 1.60 bits per heavy atom. The molecule has 0 bridgehead atoms. The van der Waals surface area contributed by atoms with Crippen molar-refractivity contribution in [3.63, 3.8) is 0 Å². The fraction of sp³-hybridized carbons (Fsp3) is 0.333. The summed E-state index contributed by atoms with van der Waals surface area (Å²) in [6, 6.07) is 1.22. The van der Waals surface area contributed by atoms with Crippen molar-refractivity contribution in [2.24, 2.45) is 0 Å². The van der Waals surface area contributed by atoms with Crippen molar-refractivity contribution in [2.75, 3.05) is 0 Å². The maximum atomic E-state index is 11.4. The van der Waals surface area contributed by atoms with E-state index in [4.69, 9.17) is 4.74 Å². The maximum absolute atomic E-state index is 11.4. The van der Waals surface area contributed by atoms with E-state index in [1.165, 1.54) is 16.8 Å². The van der Waals surface area contributed by atoms with Gasteiger partial charge in [-0.3, -0.25) is 14.3 Å². The van der Waals surface area contributed by atoms with Gasteiger partial charge in [0, 0.05) is 18.7 Å². The maximum Gasteiger partial charge on any atom is 0.331 e. The predicted octanol–water partition coefficient (Wildman–Crippen LogP) is -0.670. The van der Waals surface area contributed by atoms with Crippen molar-refractivity contribution in [3.8, 4) is 0 Å². The number of hydrogen-bond acceptors (Lipinski definition) is 4. The first-order chi connectivity index (χ1) is 7.08. The lowest BCUT2D eigenvalue weighted by molar-refractivity contribution is 0.0934. The standard InChI is InChI=1S/C9H10N2O4/c1-5-6(12)4-8(15-5)11-3-2-7(13)10-9(11)14/h2-3,6,8,12H,1,4H2,(H,10,13,14)/t6?,8-/m0/s1. The molecule has 1 fully saturated rings. The molecule has 1 aliphatic rings. The fourth-order valence-electron chi connectivity index (χ4n) is 1.45. The van der Waals surface area contributed by atoms with E-state index in [-0.39, 0.29) is 12.2 Å². The Labute approximate surface area is 84.4 Å². The third-order valence-corrected chi connectivity index (χ3v) is 2.25. The zero-order chi connectivity index (χ0) is 11.0. The van der Waals surface area contributed by atoms with Crippen LogP contribution >= 0.6 is 0 Å². The Kier molecular flexibility index (Phi) is 2.20. The highest BCUT2D eigenvalue weighted by atomic mass is 16.5. The average molecular weight is 210 g/mol. The number of H-pyrrole nitrogens is 1. The van der Waals surface area contributed by atoms with E-state index >= 15 is 0 Å². The highest BCUT2D eigenvalue weighted by Crippen LogP contribution is 2.28. The normalized spacial score (nSPS) is 25.3. The molecule has 1 aromatic heterocycles. The van der Waals surface area contributed by atoms with Gasteiger partial charge in [0.15, 0.2) is 6.23 Å². The lowest BCUT2D eigenvalue weighted by atomic mass is 10.2. The third-order valence-electron chi connectivity index (χ3n) is 2.25. The Bertz CT molecular complexity index is 501. The van der Waals surface area contributed by atoms with Crippen LogP contribution < -0.4 is 11.2 Å². The summed E-state index contributed by atoms with van der Waals surface area (Å²) in [7, 11) is 0. The third kappa shape index (κ3) is 1.71. The van der Waals surface area contributed by atoms with Crippen LogP contribution in [0.5, 0.6) is 0 Å². The van der Waals surface area contributed by atoms with Crippen molar-refractivity contribution in [2.45, 2.75) is 18.8 Å². The second-order valence-corrected chi connectivity index (χ2v) is 3.31. The highest BCUT2D eigenvalue weighted by molar-refractivity contribution is 4.99. The molecule has 15 heavy (non-hydrogen) atoms. The van der Waals surface area contributed by atoms with Crippen LogP contribution in [-0.2, 0) is 4.74 Å². The van der Waals surface area contributed by atoms with Crippen LogP contribution in [0.25, 0.3) is 0 Å². The van der Waals surface area contributed by atoms with E-state index < -0.39 is 23.6 Å². The second kappa shape index (κ2) is 3.39. The molecule has 0 radical (unpaired) electrons. The van der Waals surface area contributed by atoms with E-state index in [1.807, 2.05) is 0 Å². The van der Waals surface area contributed by atoms with Gasteiger partial charge < -0.3 is 9.84 Å². The molecule has 0 saturated carbocycles. The van der Waals surface area contributed by atoms with Crippen LogP contribution in [0.3, 0.4) is 0 Å². The van der Waals surface area contributed by atoms with Crippen LogP contribution in [0.4, 0.5) is 0 Å². The first-order valence-corrected chi connectivity index (χ1v) is 4.43. The summed E-state index contributed by atoms with van der Waals surface area (Å²) in [4.78, 5) is 24.3. The summed E-state index contributed by atoms with van der Waals surface area (Å²) in [6.07, 6.45) is 0.216. The quantitative estimate of drug-likeness (QED) is 0.643. The molecule has 6 nitrogen and oxygen atoms in total. The highest BCUT2D eigenvalue weighted by Gasteiger charge is 2.29. The summed E-state index contributed by atoms with van der Waals surface area (Å²) in [6.45, 7) is 3.50. The van der Waals surface area contributed by atoms with Crippen molar-refractivity contribution in [1.29, 1.82) is 0 Å². The number of nitrogens with zero attached hydrogens (tertiary/aromatic N) is 1. The number of aliphatic hydroxyl groups excluding tert-OH is 1. The Balaban J connectivity index is 2.36. The van der Waals surface area contributed by atoms with Crippen molar-refractivity contribution >= 4 is 0 Å². The molecular weight excluding hydrogens is 200 g/mol. The van der Waals surface area contributed by atoms with Gasteiger partial charge in [0.25, 0.3) is 5.56 Å². The minimum Gasteiger partial charge on any atom is -0.472 e. The number of aliphatic hydroxyl groups is 1. The number of ether oxygens (including phenoxy) is 1. The summed E-state index contributed by atoms with van der Waals surface area (Å²) >= 11 is 0.